The molecule has 3 nitrogen and oxygen atoms in total. The van der Waals surface area contributed by atoms with Crippen LogP contribution >= 0.6 is 0 Å². The zero-order chi connectivity index (χ0) is 14.4. The van der Waals surface area contributed by atoms with Crippen LogP contribution in [0.2, 0.25) is 0 Å². The largest absolute Gasteiger partial charge is 0.454 e. The van der Waals surface area contributed by atoms with Gasteiger partial charge in [-0.2, -0.15) is 0 Å². The molecule has 4 heteroatoms. The molecule has 0 aliphatic heterocycles. The minimum Gasteiger partial charge on any atom is -0.454 e. The average Bonchev–Trinajstić information content (AvgIpc) is 2.43. The van der Waals surface area contributed by atoms with Gasteiger partial charge >= 0.3 is 0 Å². The maximum absolute atomic E-state index is 13.9. The number of nitrogens with one attached hydrogen (secondary N) is 1. The predicted molar refractivity (Wildman–Crippen MR) is 76.4 cm³/mol. The summed E-state index contributed by atoms with van der Waals surface area (Å²) in [5, 5.41) is 2.98. The molecule has 2 aromatic rings. The van der Waals surface area contributed by atoms with Crippen molar-refractivity contribution in [2.45, 2.75) is 13.2 Å². The second-order valence-electron chi connectivity index (χ2n) is 4.48. The molecular formula is C16H18FNO2. The van der Waals surface area contributed by atoms with Gasteiger partial charge in [-0.3, -0.25) is 0 Å². The van der Waals surface area contributed by atoms with Crippen LogP contribution in [0.3, 0.4) is 0 Å². The zero-order valence-electron chi connectivity index (χ0n) is 11.7. The highest BCUT2D eigenvalue weighted by molar-refractivity contribution is 5.36. The minimum absolute atomic E-state index is 0.222. The first-order valence-electron chi connectivity index (χ1n) is 6.41. The highest BCUT2D eigenvalue weighted by atomic mass is 19.1. The third-order valence-corrected chi connectivity index (χ3v) is 2.81. The maximum Gasteiger partial charge on any atom is 0.166 e. The molecular weight excluding hydrogens is 257 g/mol. The molecule has 0 heterocycles. The Morgan fingerprint density at radius 2 is 1.95 bits per heavy atom. The van der Waals surface area contributed by atoms with Crippen molar-refractivity contribution >= 4 is 0 Å². The van der Waals surface area contributed by atoms with Gasteiger partial charge in [0.2, 0.25) is 0 Å². The van der Waals surface area contributed by atoms with Crippen molar-refractivity contribution in [3.8, 4) is 11.5 Å². The van der Waals surface area contributed by atoms with Crippen LogP contribution in [-0.4, -0.2) is 14.2 Å². The fourth-order valence-electron chi connectivity index (χ4n) is 1.93. The molecule has 0 radical (unpaired) electrons. The van der Waals surface area contributed by atoms with E-state index in [1.165, 1.54) is 6.07 Å². The standard InChI is InChI=1S/C16H18FNO2/c1-18-10-12-6-7-16(15(17)9-12)20-14-5-3-4-13(8-14)11-19-2/h3-9,18H,10-11H2,1-2H3. The first-order valence-corrected chi connectivity index (χ1v) is 6.41. The molecule has 0 bridgehead atoms. The Labute approximate surface area is 118 Å². The first kappa shape index (κ1) is 14.5. The summed E-state index contributed by atoms with van der Waals surface area (Å²) in [6, 6.07) is 12.4. The molecule has 0 saturated carbocycles. The van der Waals surface area contributed by atoms with E-state index in [1.807, 2.05) is 31.3 Å². The number of hydrogen-bond donors (Lipinski definition) is 1. The number of methoxy groups -OCH3 is 1. The summed E-state index contributed by atoms with van der Waals surface area (Å²) >= 11 is 0. The highest BCUT2D eigenvalue weighted by Crippen LogP contribution is 2.26. The van der Waals surface area contributed by atoms with Gasteiger partial charge in [0, 0.05) is 13.7 Å². The van der Waals surface area contributed by atoms with Crippen molar-refractivity contribution < 1.29 is 13.9 Å². The van der Waals surface area contributed by atoms with Gasteiger partial charge in [-0.05, 0) is 42.4 Å². The predicted octanol–water partition coefficient (Wildman–Crippen LogP) is 3.48. The van der Waals surface area contributed by atoms with E-state index in [2.05, 4.69) is 5.32 Å². The number of hydrogen-bond acceptors (Lipinski definition) is 3. The van der Waals surface area contributed by atoms with E-state index in [-0.39, 0.29) is 11.6 Å². The van der Waals surface area contributed by atoms with Crippen LogP contribution < -0.4 is 10.1 Å². The van der Waals surface area contributed by atoms with Crippen molar-refractivity contribution in [2.75, 3.05) is 14.2 Å². The second kappa shape index (κ2) is 7.03. The van der Waals surface area contributed by atoms with Gasteiger partial charge in [-0.1, -0.05) is 18.2 Å². The minimum atomic E-state index is -0.366. The third kappa shape index (κ3) is 3.79. The summed E-state index contributed by atoms with van der Waals surface area (Å²) in [5.74, 6) is 0.453. The van der Waals surface area contributed by atoms with E-state index < -0.39 is 0 Å². The van der Waals surface area contributed by atoms with Gasteiger partial charge in [0.25, 0.3) is 0 Å². The molecule has 106 valence electrons. The van der Waals surface area contributed by atoms with Crippen LogP contribution in [0, 0.1) is 5.82 Å². The van der Waals surface area contributed by atoms with Crippen molar-refractivity contribution in [1.82, 2.24) is 5.32 Å². The van der Waals surface area contributed by atoms with Crippen molar-refractivity contribution in [3.63, 3.8) is 0 Å². The summed E-state index contributed by atoms with van der Waals surface area (Å²) in [7, 11) is 3.46. The van der Waals surface area contributed by atoms with E-state index in [4.69, 9.17) is 9.47 Å². The Bertz CT molecular complexity index is 572. The number of benzene rings is 2. The van der Waals surface area contributed by atoms with Gasteiger partial charge in [-0.15, -0.1) is 0 Å². The van der Waals surface area contributed by atoms with Gasteiger partial charge in [0.15, 0.2) is 11.6 Å². The van der Waals surface area contributed by atoms with E-state index in [0.29, 0.717) is 18.9 Å². The molecule has 0 aliphatic carbocycles. The normalized spacial score (nSPS) is 10.6. The fourth-order valence-corrected chi connectivity index (χ4v) is 1.93. The summed E-state index contributed by atoms with van der Waals surface area (Å²) in [6.45, 7) is 1.13. The van der Waals surface area contributed by atoms with Crippen LogP contribution in [-0.2, 0) is 17.9 Å². The summed E-state index contributed by atoms with van der Waals surface area (Å²) in [6.07, 6.45) is 0. The lowest BCUT2D eigenvalue weighted by Crippen LogP contribution is -2.05. The van der Waals surface area contributed by atoms with E-state index >= 15 is 0 Å². The molecule has 0 fully saturated rings. The molecule has 2 rings (SSSR count). The lowest BCUT2D eigenvalue weighted by molar-refractivity contribution is 0.184. The van der Waals surface area contributed by atoms with E-state index in [0.717, 1.165) is 11.1 Å². The highest BCUT2D eigenvalue weighted by Gasteiger charge is 2.06. The lowest BCUT2D eigenvalue weighted by atomic mass is 10.2. The Kier molecular flexibility index (Phi) is 5.09. The van der Waals surface area contributed by atoms with E-state index in [9.17, 15) is 4.39 Å². The number of halogens is 1. The SMILES string of the molecule is CNCc1ccc(Oc2cccc(COC)c2)c(F)c1. The molecule has 0 atom stereocenters. The van der Waals surface area contributed by atoms with Crippen molar-refractivity contribution in [1.29, 1.82) is 0 Å². The molecule has 0 saturated heterocycles. The Balaban J connectivity index is 2.15. The molecule has 20 heavy (non-hydrogen) atoms. The van der Waals surface area contributed by atoms with Crippen molar-refractivity contribution in [3.05, 3.63) is 59.4 Å². The second-order valence-corrected chi connectivity index (χ2v) is 4.48. The summed E-state index contributed by atoms with van der Waals surface area (Å²) in [4.78, 5) is 0. The smallest absolute Gasteiger partial charge is 0.166 e. The Morgan fingerprint density at radius 1 is 1.10 bits per heavy atom. The molecule has 1 N–H and O–H groups in total. The van der Waals surface area contributed by atoms with Gasteiger partial charge < -0.3 is 14.8 Å². The van der Waals surface area contributed by atoms with Gasteiger partial charge in [0.1, 0.15) is 5.75 Å². The topological polar surface area (TPSA) is 30.5 Å². The third-order valence-electron chi connectivity index (χ3n) is 2.81. The zero-order valence-corrected chi connectivity index (χ0v) is 11.7. The average molecular weight is 275 g/mol. The number of ether oxygens (including phenoxy) is 2. The van der Waals surface area contributed by atoms with Crippen molar-refractivity contribution in [2.24, 2.45) is 0 Å². The van der Waals surface area contributed by atoms with Gasteiger partial charge in [0.05, 0.1) is 6.61 Å². The fraction of sp³-hybridized carbons (Fsp3) is 0.250. The van der Waals surface area contributed by atoms with Crippen LogP contribution in [0.4, 0.5) is 4.39 Å². The Morgan fingerprint density at radius 3 is 2.65 bits per heavy atom. The lowest BCUT2D eigenvalue weighted by Gasteiger charge is -2.09. The molecule has 0 unspecified atom stereocenters. The molecule has 2 aromatic carbocycles. The Hall–Kier alpha value is -1.91. The molecule has 0 amide bonds. The summed E-state index contributed by atoms with van der Waals surface area (Å²) < 4.78 is 24.6. The maximum atomic E-state index is 13.9. The quantitative estimate of drug-likeness (QED) is 0.875. The van der Waals surface area contributed by atoms with Crippen LogP contribution in [0.25, 0.3) is 0 Å². The van der Waals surface area contributed by atoms with Crippen LogP contribution in [0.15, 0.2) is 42.5 Å². The molecule has 0 aliphatic rings. The molecule has 0 spiro atoms. The van der Waals surface area contributed by atoms with Crippen LogP contribution in [0.1, 0.15) is 11.1 Å². The van der Waals surface area contributed by atoms with Crippen LogP contribution in [0.5, 0.6) is 11.5 Å². The summed E-state index contributed by atoms with van der Waals surface area (Å²) in [5.41, 5.74) is 1.86. The molecule has 0 aromatic heterocycles. The van der Waals surface area contributed by atoms with Gasteiger partial charge in [-0.25, -0.2) is 4.39 Å². The monoisotopic (exact) mass is 275 g/mol. The first-order chi connectivity index (χ1) is 9.72. The van der Waals surface area contributed by atoms with E-state index in [1.54, 1.807) is 19.2 Å². The number of rotatable bonds is 6.